The summed E-state index contributed by atoms with van der Waals surface area (Å²) in [4.78, 5) is 10.7. The van der Waals surface area contributed by atoms with Crippen LogP contribution in [-0.2, 0) is 9.47 Å². The number of morpholine rings is 1. The van der Waals surface area contributed by atoms with Crippen LogP contribution in [0.4, 0.5) is 14.6 Å². The summed E-state index contributed by atoms with van der Waals surface area (Å²) in [6.45, 7) is 0.532. The number of hydrogen-bond acceptors (Lipinski definition) is 7. The van der Waals surface area contributed by atoms with E-state index in [-0.39, 0.29) is 5.82 Å². The fraction of sp³-hybridized carbons (Fsp3) is 0.381. The summed E-state index contributed by atoms with van der Waals surface area (Å²) >= 11 is 0. The average molecular weight is 431 g/mol. The molecule has 1 atom stereocenters. The van der Waals surface area contributed by atoms with E-state index >= 15 is 0 Å². The second-order valence-corrected chi connectivity index (χ2v) is 7.12. The maximum atomic E-state index is 12.8. The van der Waals surface area contributed by atoms with Gasteiger partial charge >= 0.3 is 6.61 Å². The highest BCUT2D eigenvalue weighted by atomic mass is 19.3. The molecule has 3 heterocycles. The van der Waals surface area contributed by atoms with Crippen LogP contribution in [0.5, 0.6) is 0 Å². The van der Waals surface area contributed by atoms with E-state index in [1.807, 2.05) is 42.2 Å². The van der Waals surface area contributed by atoms with Crippen molar-refractivity contribution in [3.63, 3.8) is 0 Å². The third kappa shape index (κ3) is 5.04. The van der Waals surface area contributed by atoms with Gasteiger partial charge in [0.15, 0.2) is 11.6 Å². The standard InChI is InChI=1S/C21H23F2N5O3/c1-14-3-2-4-15(11-14)16-5-6-28(26-16)19-12-18(27-7-9-30-10-8-27)24-20(25-19)17(13-29)31-21(22)23/h2-6,11-12,17,21,29H,7-10,13H2,1H3/t17-/m0/s1. The van der Waals surface area contributed by atoms with Crippen molar-refractivity contribution in [2.45, 2.75) is 19.6 Å². The number of aromatic nitrogens is 4. The second kappa shape index (κ2) is 9.46. The molecule has 1 aromatic carbocycles. The molecule has 8 nitrogen and oxygen atoms in total. The first-order valence-electron chi connectivity index (χ1n) is 9.92. The number of benzene rings is 1. The average Bonchev–Trinajstić information content (AvgIpc) is 3.28. The number of hydrogen-bond donors (Lipinski definition) is 1. The van der Waals surface area contributed by atoms with Crippen molar-refractivity contribution in [2.75, 3.05) is 37.8 Å². The number of aliphatic hydroxyl groups is 1. The number of alkyl halides is 2. The van der Waals surface area contributed by atoms with Crippen LogP contribution in [0.25, 0.3) is 17.1 Å². The van der Waals surface area contributed by atoms with Crippen molar-refractivity contribution in [2.24, 2.45) is 0 Å². The van der Waals surface area contributed by atoms with E-state index in [0.29, 0.717) is 37.9 Å². The number of halogens is 2. The Morgan fingerprint density at radius 3 is 2.61 bits per heavy atom. The fourth-order valence-corrected chi connectivity index (χ4v) is 3.38. The minimum Gasteiger partial charge on any atom is -0.393 e. The first-order valence-corrected chi connectivity index (χ1v) is 9.92. The molecule has 0 bridgehead atoms. The molecule has 1 fully saturated rings. The largest absolute Gasteiger partial charge is 0.393 e. The van der Waals surface area contributed by atoms with Gasteiger partial charge in [0.25, 0.3) is 0 Å². The van der Waals surface area contributed by atoms with Crippen LogP contribution in [0.15, 0.2) is 42.6 Å². The third-order valence-corrected chi connectivity index (χ3v) is 4.91. The van der Waals surface area contributed by atoms with E-state index in [4.69, 9.17) is 4.74 Å². The summed E-state index contributed by atoms with van der Waals surface area (Å²) in [5.41, 5.74) is 2.82. The Labute approximate surface area is 178 Å². The molecular weight excluding hydrogens is 408 g/mol. The Morgan fingerprint density at radius 1 is 1.13 bits per heavy atom. The highest BCUT2D eigenvalue weighted by Gasteiger charge is 2.23. The lowest BCUT2D eigenvalue weighted by molar-refractivity contribution is -0.176. The first-order chi connectivity index (χ1) is 15.0. The summed E-state index contributed by atoms with van der Waals surface area (Å²) in [7, 11) is 0. The Kier molecular flexibility index (Phi) is 6.50. The Balaban J connectivity index is 1.73. The van der Waals surface area contributed by atoms with Crippen LogP contribution in [0.3, 0.4) is 0 Å². The SMILES string of the molecule is Cc1cccc(-c2ccn(-c3cc(N4CCOCC4)nc([C@H](CO)OC(F)F)n3)n2)c1. The molecular formula is C21H23F2N5O3. The molecule has 0 aliphatic carbocycles. The van der Waals surface area contributed by atoms with Gasteiger partial charge in [0.1, 0.15) is 11.9 Å². The topological polar surface area (TPSA) is 85.5 Å². The molecule has 0 radical (unpaired) electrons. The predicted molar refractivity (Wildman–Crippen MR) is 109 cm³/mol. The Hall–Kier alpha value is -2.95. The lowest BCUT2D eigenvalue weighted by Gasteiger charge is -2.28. The normalized spacial score (nSPS) is 15.5. The summed E-state index contributed by atoms with van der Waals surface area (Å²) in [6.07, 6.45) is 0.390. The summed E-state index contributed by atoms with van der Waals surface area (Å²) in [6, 6.07) is 11.5. The molecule has 1 saturated heterocycles. The molecule has 1 N–H and O–H groups in total. The van der Waals surface area contributed by atoms with Crippen LogP contribution in [0.1, 0.15) is 17.5 Å². The van der Waals surface area contributed by atoms with Crippen molar-refractivity contribution >= 4 is 5.82 Å². The van der Waals surface area contributed by atoms with Gasteiger partial charge in [0, 0.05) is 30.9 Å². The molecule has 1 aliphatic rings. The highest BCUT2D eigenvalue weighted by molar-refractivity contribution is 5.60. The first kappa shape index (κ1) is 21.3. The third-order valence-electron chi connectivity index (χ3n) is 4.91. The molecule has 0 saturated carbocycles. The number of anilines is 1. The van der Waals surface area contributed by atoms with Gasteiger partial charge in [-0.05, 0) is 19.1 Å². The van der Waals surface area contributed by atoms with E-state index in [1.165, 1.54) is 0 Å². The zero-order valence-corrected chi connectivity index (χ0v) is 17.0. The van der Waals surface area contributed by atoms with Crippen molar-refractivity contribution in [1.29, 1.82) is 0 Å². The fourth-order valence-electron chi connectivity index (χ4n) is 3.38. The van der Waals surface area contributed by atoms with Gasteiger partial charge < -0.3 is 19.5 Å². The van der Waals surface area contributed by atoms with Gasteiger partial charge in [0.05, 0.1) is 25.5 Å². The van der Waals surface area contributed by atoms with Crippen molar-refractivity contribution < 1.29 is 23.4 Å². The number of aryl methyl sites for hydroxylation is 1. The molecule has 4 rings (SSSR count). The number of rotatable bonds is 7. The molecule has 3 aromatic rings. The van der Waals surface area contributed by atoms with Crippen LogP contribution < -0.4 is 4.90 Å². The van der Waals surface area contributed by atoms with E-state index < -0.39 is 19.3 Å². The molecule has 31 heavy (non-hydrogen) atoms. The zero-order chi connectivity index (χ0) is 21.8. The molecule has 1 aliphatic heterocycles. The van der Waals surface area contributed by atoms with Gasteiger partial charge in [-0.15, -0.1) is 0 Å². The second-order valence-electron chi connectivity index (χ2n) is 7.12. The summed E-state index contributed by atoms with van der Waals surface area (Å²) in [5.74, 6) is 0.892. The van der Waals surface area contributed by atoms with Crippen molar-refractivity contribution in [3.05, 3.63) is 54.0 Å². The Morgan fingerprint density at radius 2 is 1.90 bits per heavy atom. The highest BCUT2D eigenvalue weighted by Crippen LogP contribution is 2.24. The van der Waals surface area contributed by atoms with Crippen molar-refractivity contribution in [3.8, 4) is 17.1 Å². The smallest absolute Gasteiger partial charge is 0.346 e. The van der Waals surface area contributed by atoms with Gasteiger partial charge in [-0.1, -0.05) is 23.8 Å². The lowest BCUT2D eigenvalue weighted by atomic mass is 10.1. The molecule has 2 aromatic heterocycles. The lowest BCUT2D eigenvalue weighted by Crippen LogP contribution is -2.37. The minimum absolute atomic E-state index is 0.0330. The zero-order valence-electron chi connectivity index (χ0n) is 17.0. The monoisotopic (exact) mass is 431 g/mol. The molecule has 164 valence electrons. The maximum absolute atomic E-state index is 12.8. The van der Waals surface area contributed by atoms with Gasteiger partial charge in [-0.25, -0.2) is 14.6 Å². The summed E-state index contributed by atoms with van der Waals surface area (Å²) in [5, 5.41) is 14.2. The van der Waals surface area contributed by atoms with Gasteiger partial charge in [-0.2, -0.15) is 13.9 Å². The van der Waals surface area contributed by atoms with Crippen LogP contribution in [-0.4, -0.2) is 64.4 Å². The van der Waals surface area contributed by atoms with E-state index in [9.17, 15) is 13.9 Å². The summed E-state index contributed by atoms with van der Waals surface area (Å²) < 4.78 is 37.1. The quantitative estimate of drug-likeness (QED) is 0.616. The van der Waals surface area contributed by atoms with E-state index in [1.54, 1.807) is 16.9 Å². The van der Waals surface area contributed by atoms with Crippen LogP contribution >= 0.6 is 0 Å². The molecule has 0 unspecified atom stereocenters. The molecule has 10 heteroatoms. The molecule has 0 amide bonds. The van der Waals surface area contributed by atoms with E-state index in [0.717, 1.165) is 16.8 Å². The van der Waals surface area contributed by atoms with Crippen LogP contribution in [0, 0.1) is 6.92 Å². The van der Waals surface area contributed by atoms with E-state index in [2.05, 4.69) is 19.8 Å². The minimum atomic E-state index is -3.06. The van der Waals surface area contributed by atoms with Crippen molar-refractivity contribution in [1.82, 2.24) is 19.7 Å². The van der Waals surface area contributed by atoms with Crippen LogP contribution in [0.2, 0.25) is 0 Å². The maximum Gasteiger partial charge on any atom is 0.346 e. The number of aliphatic hydroxyl groups excluding tert-OH is 1. The Bertz CT molecular complexity index is 1020. The number of ether oxygens (including phenoxy) is 2. The number of nitrogens with zero attached hydrogens (tertiary/aromatic N) is 5. The van der Waals surface area contributed by atoms with Gasteiger partial charge in [-0.3, -0.25) is 0 Å². The predicted octanol–water partition coefficient (Wildman–Crippen LogP) is 2.75. The van der Waals surface area contributed by atoms with Gasteiger partial charge in [0.2, 0.25) is 0 Å². The molecule has 0 spiro atoms.